The number of carboxylic acid groups (broad SMARTS) is 1. The number of ether oxygens (including phenoxy) is 1. The maximum Gasteiger partial charge on any atom is 0.407 e. The minimum Gasteiger partial charge on any atom is -0.465 e. The van der Waals surface area contributed by atoms with Crippen molar-refractivity contribution in [2.45, 2.75) is 58.1 Å². The van der Waals surface area contributed by atoms with Gasteiger partial charge in [-0.2, -0.15) is 0 Å². The highest BCUT2D eigenvalue weighted by atomic mass is 16.6. The predicted molar refractivity (Wildman–Crippen MR) is 62.8 cm³/mol. The molecule has 0 aromatic carbocycles. The SMILES string of the molecule is CC(C)(C)OC(=O)C[C@H]1CCCCN1C(=O)O. The Morgan fingerprint density at radius 2 is 2.00 bits per heavy atom. The Bertz CT molecular complexity index is 295. The summed E-state index contributed by atoms with van der Waals surface area (Å²) >= 11 is 0. The van der Waals surface area contributed by atoms with Crippen molar-refractivity contribution < 1.29 is 19.4 Å². The summed E-state index contributed by atoms with van der Waals surface area (Å²) in [4.78, 5) is 24.0. The fourth-order valence-corrected chi connectivity index (χ4v) is 2.04. The normalized spacial score (nSPS) is 21.1. The lowest BCUT2D eigenvalue weighted by Crippen LogP contribution is -2.44. The average molecular weight is 243 g/mol. The fourth-order valence-electron chi connectivity index (χ4n) is 2.04. The molecule has 0 unspecified atom stereocenters. The largest absolute Gasteiger partial charge is 0.465 e. The third-order valence-electron chi connectivity index (χ3n) is 2.70. The summed E-state index contributed by atoms with van der Waals surface area (Å²) in [5, 5.41) is 9.03. The third kappa shape index (κ3) is 4.63. The van der Waals surface area contributed by atoms with E-state index in [0.717, 1.165) is 19.3 Å². The predicted octanol–water partition coefficient (Wildman–Crippen LogP) is 2.25. The van der Waals surface area contributed by atoms with Crippen LogP contribution in [0, 0.1) is 0 Å². The maximum atomic E-state index is 11.7. The van der Waals surface area contributed by atoms with Gasteiger partial charge < -0.3 is 14.7 Å². The average Bonchev–Trinajstić information content (AvgIpc) is 2.14. The summed E-state index contributed by atoms with van der Waals surface area (Å²) in [6.45, 7) is 5.94. The molecule has 1 fully saturated rings. The summed E-state index contributed by atoms with van der Waals surface area (Å²) in [5.41, 5.74) is -0.514. The van der Waals surface area contributed by atoms with E-state index < -0.39 is 11.7 Å². The number of esters is 1. The van der Waals surface area contributed by atoms with Crippen LogP contribution in [-0.4, -0.2) is 40.3 Å². The van der Waals surface area contributed by atoms with Crippen molar-refractivity contribution in [2.75, 3.05) is 6.54 Å². The summed E-state index contributed by atoms with van der Waals surface area (Å²) in [6, 6.07) is -0.226. The van der Waals surface area contributed by atoms with E-state index in [4.69, 9.17) is 9.84 Å². The van der Waals surface area contributed by atoms with E-state index in [0.29, 0.717) is 6.54 Å². The molecule has 1 rings (SSSR count). The monoisotopic (exact) mass is 243 g/mol. The van der Waals surface area contributed by atoms with Gasteiger partial charge in [-0.1, -0.05) is 0 Å². The number of carbonyl (C=O) groups excluding carboxylic acids is 1. The van der Waals surface area contributed by atoms with Gasteiger partial charge in [0.15, 0.2) is 0 Å². The highest BCUT2D eigenvalue weighted by molar-refractivity contribution is 5.72. The minimum absolute atomic E-state index is 0.156. The van der Waals surface area contributed by atoms with Gasteiger partial charge in [0.05, 0.1) is 6.42 Å². The molecule has 1 N–H and O–H groups in total. The number of hydrogen-bond acceptors (Lipinski definition) is 3. The van der Waals surface area contributed by atoms with Crippen LogP contribution in [0.5, 0.6) is 0 Å². The number of amides is 1. The lowest BCUT2D eigenvalue weighted by molar-refractivity contribution is -0.156. The molecule has 1 aliphatic heterocycles. The molecule has 0 aromatic heterocycles. The van der Waals surface area contributed by atoms with Gasteiger partial charge in [0.25, 0.3) is 0 Å². The van der Waals surface area contributed by atoms with E-state index in [-0.39, 0.29) is 18.4 Å². The summed E-state index contributed by atoms with van der Waals surface area (Å²) in [5.74, 6) is -0.323. The van der Waals surface area contributed by atoms with Crippen LogP contribution in [0.4, 0.5) is 4.79 Å². The number of nitrogens with zero attached hydrogens (tertiary/aromatic N) is 1. The molecule has 0 bridgehead atoms. The van der Waals surface area contributed by atoms with E-state index in [1.54, 1.807) is 20.8 Å². The zero-order chi connectivity index (χ0) is 13.1. The standard InChI is InChI=1S/C12H21NO4/c1-12(2,3)17-10(14)8-9-6-4-5-7-13(9)11(15)16/h9H,4-8H2,1-3H3,(H,15,16)/t9-/m1/s1. The number of hydrogen-bond donors (Lipinski definition) is 1. The zero-order valence-electron chi connectivity index (χ0n) is 10.7. The van der Waals surface area contributed by atoms with Crippen LogP contribution in [0.15, 0.2) is 0 Å². The topological polar surface area (TPSA) is 66.8 Å². The van der Waals surface area contributed by atoms with Gasteiger partial charge in [0.1, 0.15) is 5.60 Å². The Kier molecular flexibility index (Phi) is 4.37. The Hall–Kier alpha value is -1.26. The Labute approximate surface area is 102 Å². The van der Waals surface area contributed by atoms with Gasteiger partial charge in [0, 0.05) is 12.6 Å². The molecule has 0 radical (unpaired) electrons. The molecular weight excluding hydrogens is 222 g/mol. The Balaban J connectivity index is 2.53. The Morgan fingerprint density at radius 3 is 2.53 bits per heavy atom. The molecule has 1 aliphatic rings. The highest BCUT2D eigenvalue weighted by Crippen LogP contribution is 2.21. The number of carbonyl (C=O) groups is 2. The van der Waals surface area contributed by atoms with Crippen LogP contribution in [-0.2, 0) is 9.53 Å². The van der Waals surface area contributed by atoms with Gasteiger partial charge in [-0.3, -0.25) is 4.79 Å². The van der Waals surface area contributed by atoms with Crippen LogP contribution < -0.4 is 0 Å². The first kappa shape index (κ1) is 13.8. The second kappa shape index (κ2) is 5.38. The van der Waals surface area contributed by atoms with E-state index in [9.17, 15) is 9.59 Å². The molecule has 5 nitrogen and oxygen atoms in total. The highest BCUT2D eigenvalue weighted by Gasteiger charge is 2.29. The lowest BCUT2D eigenvalue weighted by Gasteiger charge is -2.33. The number of likely N-dealkylation sites (tertiary alicyclic amines) is 1. The molecule has 0 saturated carbocycles. The second-order valence-corrected chi connectivity index (χ2v) is 5.42. The van der Waals surface area contributed by atoms with Crippen molar-refractivity contribution in [3.8, 4) is 0 Å². The quantitative estimate of drug-likeness (QED) is 0.755. The van der Waals surface area contributed by atoms with E-state index in [1.165, 1.54) is 4.90 Å². The van der Waals surface area contributed by atoms with Crippen molar-refractivity contribution in [3.63, 3.8) is 0 Å². The van der Waals surface area contributed by atoms with Crippen molar-refractivity contribution in [1.29, 1.82) is 0 Å². The number of piperidine rings is 1. The first-order chi connectivity index (χ1) is 7.79. The van der Waals surface area contributed by atoms with Crippen molar-refractivity contribution in [2.24, 2.45) is 0 Å². The van der Waals surface area contributed by atoms with Gasteiger partial charge in [0.2, 0.25) is 0 Å². The van der Waals surface area contributed by atoms with Crippen LogP contribution in [0.25, 0.3) is 0 Å². The number of rotatable bonds is 2. The third-order valence-corrected chi connectivity index (χ3v) is 2.70. The summed E-state index contributed by atoms with van der Waals surface area (Å²) in [6.07, 6.45) is 1.79. The van der Waals surface area contributed by atoms with Crippen LogP contribution in [0.3, 0.4) is 0 Å². The van der Waals surface area contributed by atoms with Crippen LogP contribution in [0.1, 0.15) is 46.5 Å². The van der Waals surface area contributed by atoms with Crippen molar-refractivity contribution >= 4 is 12.1 Å². The molecule has 98 valence electrons. The van der Waals surface area contributed by atoms with Crippen molar-refractivity contribution in [3.05, 3.63) is 0 Å². The van der Waals surface area contributed by atoms with Gasteiger partial charge in [-0.25, -0.2) is 4.79 Å². The van der Waals surface area contributed by atoms with Crippen molar-refractivity contribution in [1.82, 2.24) is 4.90 Å². The first-order valence-corrected chi connectivity index (χ1v) is 6.01. The molecule has 1 heterocycles. The molecule has 17 heavy (non-hydrogen) atoms. The zero-order valence-corrected chi connectivity index (χ0v) is 10.7. The molecule has 5 heteroatoms. The van der Waals surface area contributed by atoms with E-state index in [1.807, 2.05) is 0 Å². The Morgan fingerprint density at radius 1 is 1.35 bits per heavy atom. The molecule has 0 spiro atoms. The van der Waals surface area contributed by atoms with Gasteiger partial charge in [-0.15, -0.1) is 0 Å². The van der Waals surface area contributed by atoms with Gasteiger partial charge >= 0.3 is 12.1 Å². The first-order valence-electron chi connectivity index (χ1n) is 6.01. The molecular formula is C12H21NO4. The van der Waals surface area contributed by atoms with E-state index >= 15 is 0 Å². The van der Waals surface area contributed by atoms with Gasteiger partial charge in [-0.05, 0) is 40.0 Å². The van der Waals surface area contributed by atoms with Crippen LogP contribution >= 0.6 is 0 Å². The minimum atomic E-state index is -0.946. The van der Waals surface area contributed by atoms with E-state index in [2.05, 4.69) is 0 Å². The maximum absolute atomic E-state index is 11.7. The molecule has 1 saturated heterocycles. The van der Waals surface area contributed by atoms with Crippen LogP contribution in [0.2, 0.25) is 0 Å². The molecule has 1 amide bonds. The lowest BCUT2D eigenvalue weighted by atomic mass is 10.00. The summed E-state index contributed by atoms with van der Waals surface area (Å²) < 4.78 is 5.21. The molecule has 0 aliphatic carbocycles. The smallest absolute Gasteiger partial charge is 0.407 e. The molecule has 1 atom stereocenters. The second-order valence-electron chi connectivity index (χ2n) is 5.42. The summed E-state index contributed by atoms with van der Waals surface area (Å²) in [7, 11) is 0. The molecule has 0 aromatic rings. The fraction of sp³-hybridized carbons (Fsp3) is 0.833.